The van der Waals surface area contributed by atoms with Gasteiger partial charge in [0.1, 0.15) is 6.26 Å². The van der Waals surface area contributed by atoms with Crippen molar-refractivity contribution in [3.05, 3.63) is 60.1 Å². The fraction of sp³-hybridized carbons (Fsp3) is 0.409. The zero-order chi connectivity index (χ0) is 20.5. The highest BCUT2D eigenvalue weighted by atomic mass is 16.3. The van der Waals surface area contributed by atoms with Crippen molar-refractivity contribution in [1.29, 1.82) is 0 Å². The Morgan fingerprint density at radius 1 is 1.14 bits per heavy atom. The predicted octanol–water partition coefficient (Wildman–Crippen LogP) is 2.34. The summed E-state index contributed by atoms with van der Waals surface area (Å²) in [5, 5.41) is 5.85. The molecule has 7 heteroatoms. The summed E-state index contributed by atoms with van der Waals surface area (Å²) in [6, 6.07) is 11.4. The van der Waals surface area contributed by atoms with E-state index in [-0.39, 0.29) is 30.1 Å². The van der Waals surface area contributed by atoms with Gasteiger partial charge in [-0.1, -0.05) is 30.3 Å². The van der Waals surface area contributed by atoms with Crippen molar-refractivity contribution in [3.63, 3.8) is 0 Å². The second-order valence-corrected chi connectivity index (χ2v) is 7.24. The molecule has 0 saturated carbocycles. The number of hydrogen-bond acceptors (Lipinski definition) is 4. The van der Waals surface area contributed by atoms with Crippen LogP contribution in [0.25, 0.3) is 0 Å². The van der Waals surface area contributed by atoms with Crippen LogP contribution in [0.2, 0.25) is 0 Å². The van der Waals surface area contributed by atoms with Crippen molar-refractivity contribution in [2.24, 2.45) is 5.92 Å². The van der Waals surface area contributed by atoms with Crippen molar-refractivity contribution in [2.75, 3.05) is 19.6 Å². The van der Waals surface area contributed by atoms with Crippen molar-refractivity contribution < 1.29 is 18.8 Å². The Morgan fingerprint density at radius 3 is 2.72 bits per heavy atom. The molecule has 1 aliphatic heterocycles. The van der Waals surface area contributed by atoms with Crippen LogP contribution < -0.4 is 10.6 Å². The van der Waals surface area contributed by atoms with E-state index in [1.54, 1.807) is 11.0 Å². The molecule has 3 rings (SSSR count). The first kappa shape index (κ1) is 20.6. The molecule has 1 aliphatic rings. The van der Waals surface area contributed by atoms with E-state index in [2.05, 4.69) is 10.6 Å². The van der Waals surface area contributed by atoms with Gasteiger partial charge in [0.2, 0.25) is 11.8 Å². The summed E-state index contributed by atoms with van der Waals surface area (Å²) in [6.07, 6.45) is 5.05. The lowest BCUT2D eigenvalue weighted by Gasteiger charge is -2.22. The van der Waals surface area contributed by atoms with Crippen LogP contribution in [0.3, 0.4) is 0 Å². The summed E-state index contributed by atoms with van der Waals surface area (Å²) in [7, 11) is 0. The minimum absolute atomic E-state index is 0.0185. The Kier molecular flexibility index (Phi) is 7.44. The fourth-order valence-electron chi connectivity index (χ4n) is 3.46. The molecular weight excluding hydrogens is 370 g/mol. The van der Waals surface area contributed by atoms with Gasteiger partial charge in [-0.3, -0.25) is 14.4 Å². The van der Waals surface area contributed by atoms with Gasteiger partial charge < -0.3 is 20.0 Å². The third-order valence-corrected chi connectivity index (χ3v) is 5.14. The summed E-state index contributed by atoms with van der Waals surface area (Å²) in [5.74, 6) is -0.491. The van der Waals surface area contributed by atoms with E-state index in [1.165, 1.54) is 12.5 Å². The van der Waals surface area contributed by atoms with Crippen LogP contribution in [-0.4, -0.2) is 42.3 Å². The van der Waals surface area contributed by atoms with E-state index in [4.69, 9.17) is 4.42 Å². The molecule has 0 bridgehead atoms. The largest absolute Gasteiger partial charge is 0.472 e. The molecule has 1 aromatic carbocycles. The number of hydrogen-bond donors (Lipinski definition) is 2. The summed E-state index contributed by atoms with van der Waals surface area (Å²) < 4.78 is 5.00. The smallest absolute Gasteiger partial charge is 0.257 e. The van der Waals surface area contributed by atoms with Crippen LogP contribution in [0, 0.1) is 5.92 Å². The van der Waals surface area contributed by atoms with Crippen molar-refractivity contribution >= 4 is 17.7 Å². The maximum absolute atomic E-state index is 12.7. The van der Waals surface area contributed by atoms with Crippen LogP contribution in [0.1, 0.15) is 41.6 Å². The zero-order valence-electron chi connectivity index (χ0n) is 16.4. The molecule has 29 heavy (non-hydrogen) atoms. The molecule has 154 valence electrons. The molecule has 3 amide bonds. The Labute approximate surface area is 170 Å². The second-order valence-electron chi connectivity index (χ2n) is 7.24. The Morgan fingerprint density at radius 2 is 1.97 bits per heavy atom. The topological polar surface area (TPSA) is 91.7 Å². The average molecular weight is 397 g/mol. The molecule has 1 saturated heterocycles. The van der Waals surface area contributed by atoms with Crippen LogP contribution >= 0.6 is 0 Å². The quantitative estimate of drug-likeness (QED) is 0.828. The monoisotopic (exact) mass is 397 g/mol. The van der Waals surface area contributed by atoms with Gasteiger partial charge in [0.25, 0.3) is 5.91 Å². The molecule has 0 aliphatic carbocycles. The zero-order valence-corrected chi connectivity index (χ0v) is 16.4. The summed E-state index contributed by atoms with van der Waals surface area (Å²) in [6.45, 7) is 1.78. The number of nitrogens with one attached hydrogen (secondary N) is 2. The van der Waals surface area contributed by atoms with Crippen LogP contribution in [0.5, 0.6) is 0 Å². The van der Waals surface area contributed by atoms with E-state index in [9.17, 15) is 14.4 Å². The summed E-state index contributed by atoms with van der Waals surface area (Å²) in [5.41, 5.74) is 1.51. The maximum atomic E-state index is 12.7. The van der Waals surface area contributed by atoms with E-state index in [1.807, 2.05) is 30.3 Å². The van der Waals surface area contributed by atoms with Crippen LogP contribution in [0.4, 0.5) is 0 Å². The number of carbonyl (C=O) groups excluding carboxylic acids is 3. The molecular formula is C22H27N3O4. The maximum Gasteiger partial charge on any atom is 0.257 e. The molecule has 1 atom stereocenters. The van der Waals surface area contributed by atoms with Crippen LogP contribution in [0.15, 0.2) is 53.3 Å². The van der Waals surface area contributed by atoms with E-state index in [0.717, 1.165) is 5.56 Å². The summed E-state index contributed by atoms with van der Waals surface area (Å²) in [4.78, 5) is 39.1. The molecule has 1 unspecified atom stereocenters. The van der Waals surface area contributed by atoms with E-state index in [0.29, 0.717) is 51.0 Å². The van der Waals surface area contributed by atoms with Gasteiger partial charge in [-0.05, 0) is 30.9 Å². The second kappa shape index (κ2) is 10.5. The molecule has 1 fully saturated rings. The standard InChI is InChI=1S/C22H27N3O4/c26-20-9-13-25(22(28)19-10-14-29-16-19)12-4-7-18(8-11-23-20)21(27)24-15-17-5-2-1-3-6-17/h1-3,5-6,10,14,16,18H,4,7-9,11-13,15H2,(H,23,26)(H,24,27). The highest BCUT2D eigenvalue weighted by Gasteiger charge is 2.22. The molecule has 2 N–H and O–H groups in total. The third-order valence-electron chi connectivity index (χ3n) is 5.14. The number of benzene rings is 1. The first-order valence-corrected chi connectivity index (χ1v) is 10.0. The van der Waals surface area contributed by atoms with Crippen molar-refractivity contribution in [1.82, 2.24) is 15.5 Å². The number of rotatable bonds is 4. The van der Waals surface area contributed by atoms with Gasteiger partial charge in [0.15, 0.2) is 0 Å². The average Bonchev–Trinajstić information content (AvgIpc) is 3.26. The molecule has 0 spiro atoms. The van der Waals surface area contributed by atoms with Gasteiger partial charge in [-0.25, -0.2) is 0 Å². The Bertz CT molecular complexity index is 805. The van der Waals surface area contributed by atoms with E-state index < -0.39 is 0 Å². The van der Waals surface area contributed by atoms with Gasteiger partial charge in [0, 0.05) is 38.5 Å². The lowest BCUT2D eigenvalue weighted by molar-refractivity contribution is -0.126. The minimum Gasteiger partial charge on any atom is -0.472 e. The van der Waals surface area contributed by atoms with Crippen molar-refractivity contribution in [3.8, 4) is 0 Å². The predicted molar refractivity (Wildman–Crippen MR) is 108 cm³/mol. The minimum atomic E-state index is -0.206. The van der Waals surface area contributed by atoms with Gasteiger partial charge in [-0.2, -0.15) is 0 Å². The molecule has 2 aromatic rings. The van der Waals surface area contributed by atoms with E-state index >= 15 is 0 Å². The molecule has 0 radical (unpaired) electrons. The molecule has 2 heterocycles. The normalized spacial score (nSPS) is 18.4. The Hall–Kier alpha value is -3.09. The molecule has 1 aromatic heterocycles. The Balaban J connectivity index is 1.59. The lowest BCUT2D eigenvalue weighted by Crippen LogP contribution is -2.35. The van der Waals surface area contributed by atoms with Crippen LogP contribution in [-0.2, 0) is 16.1 Å². The highest BCUT2D eigenvalue weighted by molar-refractivity contribution is 5.94. The number of furan rings is 1. The van der Waals surface area contributed by atoms with Gasteiger partial charge >= 0.3 is 0 Å². The van der Waals surface area contributed by atoms with Crippen molar-refractivity contribution in [2.45, 2.75) is 32.2 Å². The number of nitrogens with zero attached hydrogens (tertiary/aromatic N) is 1. The third kappa shape index (κ3) is 6.20. The molecule has 7 nitrogen and oxygen atoms in total. The van der Waals surface area contributed by atoms with Gasteiger partial charge in [-0.15, -0.1) is 0 Å². The lowest BCUT2D eigenvalue weighted by atomic mass is 9.98. The van der Waals surface area contributed by atoms with Gasteiger partial charge in [0.05, 0.1) is 11.8 Å². The first-order valence-electron chi connectivity index (χ1n) is 10.0. The summed E-state index contributed by atoms with van der Waals surface area (Å²) >= 11 is 0. The highest BCUT2D eigenvalue weighted by Crippen LogP contribution is 2.15. The SMILES string of the molecule is O=C1CCN(C(=O)c2ccoc2)CCCC(C(=O)NCc2ccccc2)CCN1. The number of carbonyl (C=O) groups is 3. The first-order chi connectivity index (χ1) is 14.1. The fourth-order valence-corrected chi connectivity index (χ4v) is 3.46. The number of amides is 3.